The fourth-order valence-corrected chi connectivity index (χ4v) is 2.23. The van der Waals surface area contributed by atoms with E-state index < -0.39 is 0 Å². The van der Waals surface area contributed by atoms with Gasteiger partial charge in [0.2, 0.25) is 0 Å². The first-order chi connectivity index (χ1) is 9.54. The number of amides is 1. The van der Waals surface area contributed by atoms with Crippen molar-refractivity contribution in [2.75, 3.05) is 6.61 Å². The zero-order chi connectivity index (χ0) is 14.5. The van der Waals surface area contributed by atoms with Crippen LogP contribution in [0.1, 0.15) is 31.7 Å². The van der Waals surface area contributed by atoms with E-state index in [1.165, 1.54) is 12.8 Å². The number of nitrogens with one attached hydrogen (secondary N) is 1. The number of carbonyl (C=O) groups is 1. The van der Waals surface area contributed by atoms with Gasteiger partial charge in [0.25, 0.3) is 5.91 Å². The van der Waals surface area contributed by atoms with Crippen molar-refractivity contribution in [2.24, 2.45) is 11.7 Å². The highest BCUT2D eigenvalue weighted by molar-refractivity contribution is 7.80. The van der Waals surface area contributed by atoms with Gasteiger partial charge in [0.1, 0.15) is 10.7 Å². The molecule has 0 aliphatic heterocycles. The maximum Gasteiger partial charge on any atom is 0.258 e. The van der Waals surface area contributed by atoms with Gasteiger partial charge in [-0.25, -0.2) is 0 Å². The summed E-state index contributed by atoms with van der Waals surface area (Å²) in [5.41, 5.74) is 6.30. The van der Waals surface area contributed by atoms with E-state index in [0.29, 0.717) is 10.7 Å². The average molecular weight is 292 g/mol. The number of nitrogens with two attached hydrogens (primary N) is 1. The van der Waals surface area contributed by atoms with Gasteiger partial charge in [0.15, 0.2) is 6.61 Å². The standard InChI is InChI=1S/C15H20N2O2S/c1-10(8-11-2-3-11)17-14(18)9-19-13-6-4-12(5-7-13)15(16)20/h4-7,10-11H,2-3,8-9H2,1H3,(H2,16,20)(H,17,18). The number of thiocarbonyl (C=S) groups is 1. The monoisotopic (exact) mass is 292 g/mol. The Morgan fingerprint density at radius 2 is 2.10 bits per heavy atom. The van der Waals surface area contributed by atoms with Gasteiger partial charge in [-0.15, -0.1) is 0 Å². The molecule has 1 saturated carbocycles. The van der Waals surface area contributed by atoms with E-state index in [4.69, 9.17) is 22.7 Å². The van der Waals surface area contributed by atoms with Gasteiger partial charge in [0.05, 0.1) is 0 Å². The predicted octanol–water partition coefficient (Wildman–Crippen LogP) is 2.00. The molecule has 5 heteroatoms. The van der Waals surface area contributed by atoms with Crippen LogP contribution >= 0.6 is 12.2 Å². The molecule has 0 saturated heterocycles. The van der Waals surface area contributed by atoms with Gasteiger partial charge < -0.3 is 15.8 Å². The van der Waals surface area contributed by atoms with Crippen LogP contribution in [-0.2, 0) is 4.79 Å². The van der Waals surface area contributed by atoms with E-state index in [-0.39, 0.29) is 18.6 Å². The number of ether oxygens (including phenoxy) is 1. The topological polar surface area (TPSA) is 64.3 Å². The van der Waals surface area contributed by atoms with Gasteiger partial charge >= 0.3 is 0 Å². The fraction of sp³-hybridized carbons (Fsp3) is 0.467. The molecular formula is C15H20N2O2S. The molecule has 3 N–H and O–H groups in total. The average Bonchev–Trinajstić information content (AvgIpc) is 3.20. The first-order valence-electron chi connectivity index (χ1n) is 6.86. The van der Waals surface area contributed by atoms with E-state index in [9.17, 15) is 4.79 Å². The SMILES string of the molecule is CC(CC1CC1)NC(=O)COc1ccc(C(N)=S)cc1. The van der Waals surface area contributed by atoms with Crippen molar-refractivity contribution in [2.45, 2.75) is 32.2 Å². The van der Waals surface area contributed by atoms with Crippen molar-refractivity contribution >= 4 is 23.1 Å². The third kappa shape index (κ3) is 4.81. The Morgan fingerprint density at radius 1 is 1.45 bits per heavy atom. The second-order valence-corrected chi connectivity index (χ2v) is 5.76. The molecule has 0 radical (unpaired) electrons. The van der Waals surface area contributed by atoms with E-state index in [2.05, 4.69) is 5.32 Å². The van der Waals surface area contributed by atoms with Crippen LogP contribution in [-0.4, -0.2) is 23.5 Å². The molecule has 1 aliphatic carbocycles. The van der Waals surface area contributed by atoms with Crippen LogP contribution in [0.3, 0.4) is 0 Å². The zero-order valence-electron chi connectivity index (χ0n) is 11.6. The lowest BCUT2D eigenvalue weighted by molar-refractivity contribution is -0.123. The highest BCUT2D eigenvalue weighted by Crippen LogP contribution is 2.33. The molecule has 1 fully saturated rings. The van der Waals surface area contributed by atoms with Crippen LogP contribution in [0.25, 0.3) is 0 Å². The Morgan fingerprint density at radius 3 is 2.65 bits per heavy atom. The molecule has 2 rings (SSSR count). The van der Waals surface area contributed by atoms with Crippen LogP contribution in [0.15, 0.2) is 24.3 Å². The third-order valence-electron chi connectivity index (χ3n) is 3.30. The summed E-state index contributed by atoms with van der Waals surface area (Å²) in [5, 5.41) is 2.95. The van der Waals surface area contributed by atoms with E-state index in [0.717, 1.165) is 17.9 Å². The van der Waals surface area contributed by atoms with Crippen LogP contribution in [0.4, 0.5) is 0 Å². The largest absolute Gasteiger partial charge is 0.484 e. The van der Waals surface area contributed by atoms with Crippen molar-refractivity contribution in [3.05, 3.63) is 29.8 Å². The Labute approximate surface area is 124 Å². The summed E-state index contributed by atoms with van der Waals surface area (Å²) in [6.45, 7) is 2.06. The molecule has 4 nitrogen and oxygen atoms in total. The Hall–Kier alpha value is -1.62. The van der Waals surface area contributed by atoms with Crippen molar-refractivity contribution in [3.63, 3.8) is 0 Å². The van der Waals surface area contributed by atoms with Crippen LogP contribution in [0.2, 0.25) is 0 Å². The number of carbonyl (C=O) groups excluding carboxylic acids is 1. The fourth-order valence-electron chi connectivity index (χ4n) is 2.09. The maximum atomic E-state index is 11.7. The summed E-state index contributed by atoms with van der Waals surface area (Å²) >= 11 is 4.87. The van der Waals surface area contributed by atoms with Crippen LogP contribution < -0.4 is 15.8 Å². The highest BCUT2D eigenvalue weighted by atomic mass is 32.1. The second-order valence-electron chi connectivity index (χ2n) is 5.32. The van der Waals surface area contributed by atoms with E-state index >= 15 is 0 Å². The Kier molecular flexibility index (Phi) is 4.95. The molecule has 1 aromatic rings. The molecule has 1 aliphatic rings. The first kappa shape index (κ1) is 14.8. The van der Waals surface area contributed by atoms with Gasteiger partial charge in [-0.05, 0) is 43.5 Å². The van der Waals surface area contributed by atoms with Crippen molar-refractivity contribution < 1.29 is 9.53 Å². The number of hydrogen-bond acceptors (Lipinski definition) is 3. The van der Waals surface area contributed by atoms with Gasteiger partial charge in [-0.3, -0.25) is 4.79 Å². The minimum Gasteiger partial charge on any atom is -0.484 e. The number of rotatable bonds is 7. The quantitative estimate of drug-likeness (QED) is 0.755. The molecule has 0 heterocycles. The van der Waals surface area contributed by atoms with E-state index in [1.54, 1.807) is 24.3 Å². The van der Waals surface area contributed by atoms with Crippen molar-refractivity contribution in [1.82, 2.24) is 5.32 Å². The smallest absolute Gasteiger partial charge is 0.258 e. The Balaban J connectivity index is 1.73. The van der Waals surface area contributed by atoms with Crippen molar-refractivity contribution in [3.8, 4) is 5.75 Å². The molecular weight excluding hydrogens is 272 g/mol. The van der Waals surface area contributed by atoms with Crippen LogP contribution in [0.5, 0.6) is 5.75 Å². The zero-order valence-corrected chi connectivity index (χ0v) is 12.4. The molecule has 0 aromatic heterocycles. The molecule has 0 bridgehead atoms. The predicted molar refractivity (Wildman–Crippen MR) is 82.8 cm³/mol. The summed E-state index contributed by atoms with van der Waals surface area (Å²) in [5.74, 6) is 1.35. The van der Waals surface area contributed by atoms with Gasteiger partial charge in [0, 0.05) is 11.6 Å². The molecule has 0 spiro atoms. The maximum absolute atomic E-state index is 11.7. The second kappa shape index (κ2) is 6.70. The number of hydrogen-bond donors (Lipinski definition) is 2. The number of benzene rings is 1. The van der Waals surface area contributed by atoms with Gasteiger partial charge in [-0.2, -0.15) is 0 Å². The summed E-state index contributed by atoms with van der Waals surface area (Å²) in [6, 6.07) is 7.30. The van der Waals surface area contributed by atoms with Crippen LogP contribution in [0, 0.1) is 5.92 Å². The lowest BCUT2D eigenvalue weighted by Gasteiger charge is -2.13. The minimum absolute atomic E-state index is 0.0292. The molecule has 1 atom stereocenters. The summed E-state index contributed by atoms with van der Waals surface area (Å²) in [6.07, 6.45) is 3.66. The highest BCUT2D eigenvalue weighted by Gasteiger charge is 2.24. The molecule has 1 aromatic carbocycles. The summed E-state index contributed by atoms with van der Waals surface area (Å²) in [4.78, 5) is 12.1. The Bertz CT molecular complexity index is 483. The lowest BCUT2D eigenvalue weighted by atomic mass is 10.1. The minimum atomic E-state index is -0.0865. The van der Waals surface area contributed by atoms with Crippen molar-refractivity contribution in [1.29, 1.82) is 0 Å². The normalized spacial score (nSPS) is 15.4. The molecule has 1 amide bonds. The van der Waals surface area contributed by atoms with Gasteiger partial charge in [-0.1, -0.05) is 25.1 Å². The third-order valence-corrected chi connectivity index (χ3v) is 3.54. The molecule has 108 valence electrons. The molecule has 1 unspecified atom stereocenters. The molecule has 20 heavy (non-hydrogen) atoms. The first-order valence-corrected chi connectivity index (χ1v) is 7.27. The lowest BCUT2D eigenvalue weighted by Crippen LogP contribution is -2.36. The summed E-state index contributed by atoms with van der Waals surface area (Å²) in [7, 11) is 0. The van der Waals surface area contributed by atoms with E-state index in [1.807, 2.05) is 6.92 Å². The summed E-state index contributed by atoms with van der Waals surface area (Å²) < 4.78 is 5.43.